The first kappa shape index (κ1) is 14.7. The topological polar surface area (TPSA) is 60.4 Å². The van der Waals surface area contributed by atoms with E-state index in [2.05, 4.69) is 0 Å². The highest BCUT2D eigenvalue weighted by Crippen LogP contribution is 2.52. The number of hydrogen-bond donors (Lipinski definition) is 0. The molecule has 0 aromatic heterocycles. The largest absolute Gasteiger partial charge is 0.497 e. The lowest BCUT2D eigenvalue weighted by atomic mass is 9.52. The maximum absolute atomic E-state index is 12.7. The number of allylic oxidation sites excluding steroid dienone is 2. The molecule has 114 valence electrons. The molecule has 0 N–H and O–H groups in total. The van der Waals surface area contributed by atoms with Crippen LogP contribution in [-0.4, -0.2) is 24.5 Å². The lowest BCUT2D eigenvalue weighted by Crippen LogP contribution is -2.55. The predicted octanol–water partition coefficient (Wildman–Crippen LogP) is 2.50. The maximum atomic E-state index is 12.7. The Labute approximate surface area is 129 Å². The quantitative estimate of drug-likeness (QED) is 0.747. The smallest absolute Gasteiger partial charge is 0.229 e. The van der Waals surface area contributed by atoms with Crippen molar-refractivity contribution in [2.75, 3.05) is 7.11 Å². The fraction of sp³-hybridized carbons (Fsp3) is 0.389. The molecule has 4 nitrogen and oxygen atoms in total. The molecule has 2 unspecified atom stereocenters. The van der Waals surface area contributed by atoms with Crippen LogP contribution in [0.3, 0.4) is 0 Å². The van der Waals surface area contributed by atoms with Gasteiger partial charge >= 0.3 is 0 Å². The number of rotatable bonds is 1. The zero-order valence-electron chi connectivity index (χ0n) is 13.1. The van der Waals surface area contributed by atoms with Crippen molar-refractivity contribution in [3.05, 3.63) is 41.5 Å². The van der Waals surface area contributed by atoms with E-state index in [0.717, 1.165) is 5.56 Å². The standard InChI is InChI=1S/C18H18O4/c1-17(2)13(19)7-8-18(3)12-9-10(22-4)5-6-11(12)14(20)15(21)16(17)18/h5-9,16H,1-4H3. The van der Waals surface area contributed by atoms with Crippen LogP contribution in [0.1, 0.15) is 36.7 Å². The Morgan fingerprint density at radius 1 is 1.09 bits per heavy atom. The Bertz CT molecular complexity index is 741. The van der Waals surface area contributed by atoms with Gasteiger partial charge in [-0.25, -0.2) is 0 Å². The van der Waals surface area contributed by atoms with Crippen LogP contribution in [0.4, 0.5) is 0 Å². The molecular formula is C18H18O4. The minimum Gasteiger partial charge on any atom is -0.497 e. The molecule has 22 heavy (non-hydrogen) atoms. The van der Waals surface area contributed by atoms with Gasteiger partial charge in [0.25, 0.3) is 0 Å². The van der Waals surface area contributed by atoms with Gasteiger partial charge in [-0.1, -0.05) is 26.8 Å². The van der Waals surface area contributed by atoms with Gasteiger partial charge in [-0.2, -0.15) is 0 Å². The highest BCUT2D eigenvalue weighted by Gasteiger charge is 2.57. The number of Topliss-reactive ketones (excluding diaryl/α,β-unsaturated/α-hetero) is 2. The summed E-state index contributed by atoms with van der Waals surface area (Å²) in [6.07, 6.45) is 3.29. The van der Waals surface area contributed by atoms with E-state index in [1.54, 1.807) is 45.2 Å². The minimum absolute atomic E-state index is 0.123. The molecule has 0 heterocycles. The number of hydrogen-bond acceptors (Lipinski definition) is 4. The average molecular weight is 298 g/mol. The average Bonchev–Trinajstić information content (AvgIpc) is 2.48. The van der Waals surface area contributed by atoms with Gasteiger partial charge in [-0.3, -0.25) is 14.4 Å². The van der Waals surface area contributed by atoms with Crippen LogP contribution < -0.4 is 4.74 Å². The molecule has 2 aliphatic rings. The van der Waals surface area contributed by atoms with Crippen molar-refractivity contribution >= 4 is 17.3 Å². The van der Waals surface area contributed by atoms with Crippen molar-refractivity contribution in [2.24, 2.45) is 11.3 Å². The summed E-state index contributed by atoms with van der Waals surface area (Å²) >= 11 is 0. The van der Waals surface area contributed by atoms with Crippen LogP contribution in [0.25, 0.3) is 0 Å². The van der Waals surface area contributed by atoms with E-state index in [-0.39, 0.29) is 5.78 Å². The summed E-state index contributed by atoms with van der Waals surface area (Å²) in [5, 5.41) is 0. The van der Waals surface area contributed by atoms with E-state index in [0.29, 0.717) is 11.3 Å². The molecule has 0 saturated heterocycles. The molecule has 0 spiro atoms. The summed E-state index contributed by atoms with van der Waals surface area (Å²) in [7, 11) is 1.56. The van der Waals surface area contributed by atoms with Gasteiger partial charge < -0.3 is 4.74 Å². The molecule has 0 saturated carbocycles. The van der Waals surface area contributed by atoms with Crippen molar-refractivity contribution in [3.63, 3.8) is 0 Å². The fourth-order valence-corrected chi connectivity index (χ4v) is 3.85. The number of methoxy groups -OCH3 is 1. The Balaban J connectivity index is 2.34. The summed E-state index contributed by atoms with van der Waals surface area (Å²) in [6.45, 7) is 5.38. The number of benzene rings is 1. The summed E-state index contributed by atoms with van der Waals surface area (Å²) < 4.78 is 5.25. The zero-order valence-corrected chi connectivity index (χ0v) is 13.1. The van der Waals surface area contributed by atoms with Gasteiger partial charge in [0.05, 0.1) is 13.0 Å². The van der Waals surface area contributed by atoms with Gasteiger partial charge in [0, 0.05) is 16.4 Å². The number of fused-ring (bicyclic) bond motifs is 3. The summed E-state index contributed by atoms with van der Waals surface area (Å²) in [5.74, 6) is -1.18. The monoisotopic (exact) mass is 298 g/mol. The Morgan fingerprint density at radius 3 is 2.41 bits per heavy atom. The van der Waals surface area contributed by atoms with Crippen molar-refractivity contribution in [2.45, 2.75) is 26.2 Å². The second-order valence-corrected chi connectivity index (χ2v) is 6.74. The first-order valence-corrected chi connectivity index (χ1v) is 7.24. The van der Waals surface area contributed by atoms with E-state index in [1.165, 1.54) is 6.08 Å². The van der Waals surface area contributed by atoms with Crippen LogP contribution in [0, 0.1) is 11.3 Å². The molecule has 1 aromatic rings. The normalized spacial score (nSPS) is 29.1. The molecule has 2 aliphatic carbocycles. The first-order chi connectivity index (χ1) is 10.2. The lowest BCUT2D eigenvalue weighted by molar-refractivity contribution is -0.136. The van der Waals surface area contributed by atoms with Gasteiger partial charge in [0.2, 0.25) is 11.6 Å². The number of carbonyl (C=O) groups is 3. The fourth-order valence-electron chi connectivity index (χ4n) is 3.85. The van der Waals surface area contributed by atoms with Gasteiger partial charge in [-0.05, 0) is 29.8 Å². The highest BCUT2D eigenvalue weighted by atomic mass is 16.5. The summed E-state index contributed by atoms with van der Waals surface area (Å²) in [6, 6.07) is 5.10. The predicted molar refractivity (Wildman–Crippen MR) is 81.1 cm³/mol. The Kier molecular flexibility index (Phi) is 2.93. The van der Waals surface area contributed by atoms with Crippen molar-refractivity contribution < 1.29 is 19.1 Å². The molecule has 3 rings (SSSR count). The first-order valence-electron chi connectivity index (χ1n) is 7.24. The van der Waals surface area contributed by atoms with Crippen molar-refractivity contribution in [1.29, 1.82) is 0 Å². The molecular weight excluding hydrogens is 280 g/mol. The Hall–Kier alpha value is -2.23. The van der Waals surface area contributed by atoms with E-state index in [4.69, 9.17) is 4.74 Å². The second kappa shape index (κ2) is 4.38. The summed E-state index contributed by atoms with van der Waals surface area (Å²) in [4.78, 5) is 37.4. The van der Waals surface area contributed by atoms with Gasteiger partial charge in [-0.15, -0.1) is 0 Å². The van der Waals surface area contributed by atoms with Crippen LogP contribution in [-0.2, 0) is 15.0 Å². The SMILES string of the molecule is COc1ccc2c(c1)C1(C)C=CC(=O)C(C)(C)C1C(=O)C2=O. The van der Waals surface area contributed by atoms with Crippen LogP contribution in [0.2, 0.25) is 0 Å². The van der Waals surface area contributed by atoms with Crippen LogP contribution >= 0.6 is 0 Å². The van der Waals surface area contributed by atoms with Crippen LogP contribution in [0.5, 0.6) is 5.75 Å². The van der Waals surface area contributed by atoms with Crippen molar-refractivity contribution in [1.82, 2.24) is 0 Å². The highest BCUT2D eigenvalue weighted by molar-refractivity contribution is 6.46. The second-order valence-electron chi connectivity index (χ2n) is 6.74. The molecule has 0 amide bonds. The lowest BCUT2D eigenvalue weighted by Gasteiger charge is -2.48. The zero-order chi connectivity index (χ0) is 16.3. The van der Waals surface area contributed by atoms with Gasteiger partial charge in [0.1, 0.15) is 5.75 Å². The van der Waals surface area contributed by atoms with E-state index in [9.17, 15) is 14.4 Å². The molecule has 4 heteroatoms. The van der Waals surface area contributed by atoms with E-state index in [1.807, 2.05) is 6.92 Å². The summed E-state index contributed by atoms with van der Waals surface area (Å²) in [5.41, 5.74) is -0.443. The maximum Gasteiger partial charge on any atom is 0.229 e. The Morgan fingerprint density at radius 2 is 1.77 bits per heavy atom. The molecule has 2 atom stereocenters. The molecule has 1 aromatic carbocycles. The van der Waals surface area contributed by atoms with E-state index < -0.39 is 28.3 Å². The van der Waals surface area contributed by atoms with Crippen molar-refractivity contribution in [3.8, 4) is 5.75 Å². The van der Waals surface area contributed by atoms with Gasteiger partial charge in [0.15, 0.2) is 5.78 Å². The third kappa shape index (κ3) is 1.67. The third-order valence-electron chi connectivity index (χ3n) is 5.08. The van der Waals surface area contributed by atoms with E-state index >= 15 is 0 Å². The van der Waals surface area contributed by atoms with Crippen LogP contribution in [0.15, 0.2) is 30.4 Å². The third-order valence-corrected chi connectivity index (χ3v) is 5.08. The molecule has 0 bridgehead atoms. The number of carbonyl (C=O) groups excluding carboxylic acids is 3. The minimum atomic E-state index is -0.906. The number of ether oxygens (including phenoxy) is 1. The molecule has 0 fully saturated rings. The number of ketones is 3. The molecule has 0 radical (unpaired) electrons. The molecule has 0 aliphatic heterocycles.